The summed E-state index contributed by atoms with van der Waals surface area (Å²) in [5.74, 6) is 1.03. The van der Waals surface area contributed by atoms with Crippen molar-refractivity contribution in [3.05, 3.63) is 59.0 Å². The Kier molecular flexibility index (Phi) is 4.39. The number of anilines is 1. The number of pyridine rings is 1. The molecule has 0 amide bonds. The first kappa shape index (κ1) is 15.7. The van der Waals surface area contributed by atoms with E-state index >= 15 is 0 Å². The molecular weight excluding hydrogens is 316 g/mol. The second kappa shape index (κ2) is 6.98. The van der Waals surface area contributed by atoms with Gasteiger partial charge in [0.1, 0.15) is 11.3 Å². The Hall–Kier alpha value is -2.80. The standard InChI is InChI=1S/C18H20N6O/c25-18-15-5-1-2-6-16(15)20-21-24(18)14-11-22-9-12-23(13-10-22)17-7-3-4-8-19-17/h1-8H,9-14H2. The minimum absolute atomic E-state index is 0.0716. The number of aromatic nitrogens is 4. The second-order valence-corrected chi connectivity index (χ2v) is 6.15. The fourth-order valence-electron chi connectivity index (χ4n) is 3.15. The summed E-state index contributed by atoms with van der Waals surface area (Å²) in [5, 5.41) is 8.82. The lowest BCUT2D eigenvalue weighted by Gasteiger charge is -2.35. The van der Waals surface area contributed by atoms with Gasteiger partial charge in [0, 0.05) is 38.9 Å². The first-order valence-electron chi connectivity index (χ1n) is 8.52. The van der Waals surface area contributed by atoms with Gasteiger partial charge in [-0.05, 0) is 24.3 Å². The molecule has 3 heterocycles. The molecule has 7 heteroatoms. The van der Waals surface area contributed by atoms with E-state index in [4.69, 9.17) is 0 Å². The highest BCUT2D eigenvalue weighted by molar-refractivity contribution is 5.76. The average Bonchev–Trinajstić information content (AvgIpc) is 2.69. The van der Waals surface area contributed by atoms with Crippen molar-refractivity contribution in [2.45, 2.75) is 6.54 Å². The minimum Gasteiger partial charge on any atom is -0.354 e. The van der Waals surface area contributed by atoms with Crippen molar-refractivity contribution >= 4 is 16.7 Å². The normalized spacial score (nSPS) is 15.6. The van der Waals surface area contributed by atoms with Crippen molar-refractivity contribution in [1.82, 2.24) is 24.9 Å². The van der Waals surface area contributed by atoms with Gasteiger partial charge in [-0.2, -0.15) is 0 Å². The Morgan fingerprint density at radius 3 is 2.52 bits per heavy atom. The van der Waals surface area contributed by atoms with Crippen LogP contribution in [0.2, 0.25) is 0 Å². The monoisotopic (exact) mass is 336 g/mol. The third kappa shape index (κ3) is 3.36. The van der Waals surface area contributed by atoms with E-state index in [2.05, 4.69) is 25.1 Å². The van der Waals surface area contributed by atoms with Crippen LogP contribution in [0.4, 0.5) is 5.82 Å². The molecule has 25 heavy (non-hydrogen) atoms. The number of hydrogen-bond donors (Lipinski definition) is 0. The summed E-state index contributed by atoms with van der Waals surface area (Å²) >= 11 is 0. The smallest absolute Gasteiger partial charge is 0.277 e. The highest BCUT2D eigenvalue weighted by Gasteiger charge is 2.18. The van der Waals surface area contributed by atoms with Crippen LogP contribution in [0.15, 0.2) is 53.5 Å². The van der Waals surface area contributed by atoms with Gasteiger partial charge in [-0.15, -0.1) is 5.10 Å². The number of fused-ring (bicyclic) bond motifs is 1. The number of nitrogens with zero attached hydrogens (tertiary/aromatic N) is 6. The molecule has 0 saturated carbocycles. The van der Waals surface area contributed by atoms with Crippen LogP contribution in [0.1, 0.15) is 0 Å². The number of rotatable bonds is 4. The first-order chi connectivity index (χ1) is 12.3. The lowest BCUT2D eigenvalue weighted by Crippen LogP contribution is -2.48. The van der Waals surface area contributed by atoms with Crippen LogP contribution < -0.4 is 10.5 Å². The summed E-state index contributed by atoms with van der Waals surface area (Å²) in [4.78, 5) is 21.5. The fourth-order valence-corrected chi connectivity index (χ4v) is 3.15. The van der Waals surface area contributed by atoms with Crippen molar-refractivity contribution in [2.75, 3.05) is 37.6 Å². The summed E-state index contributed by atoms with van der Waals surface area (Å²) in [6.07, 6.45) is 1.83. The molecule has 1 aliphatic rings. The molecule has 3 aromatic rings. The molecule has 1 aliphatic heterocycles. The number of hydrogen-bond acceptors (Lipinski definition) is 6. The van der Waals surface area contributed by atoms with Gasteiger partial charge in [0.25, 0.3) is 5.56 Å². The third-order valence-corrected chi connectivity index (χ3v) is 4.60. The van der Waals surface area contributed by atoms with Gasteiger partial charge in [-0.3, -0.25) is 9.69 Å². The maximum absolute atomic E-state index is 12.5. The van der Waals surface area contributed by atoms with Gasteiger partial charge in [-0.1, -0.05) is 23.4 Å². The molecule has 0 spiro atoms. The molecule has 0 atom stereocenters. The maximum atomic E-state index is 12.5. The summed E-state index contributed by atoms with van der Waals surface area (Å²) in [5.41, 5.74) is 0.574. The van der Waals surface area contributed by atoms with E-state index in [-0.39, 0.29) is 5.56 Å². The Balaban J connectivity index is 1.37. The van der Waals surface area contributed by atoms with Crippen molar-refractivity contribution in [2.24, 2.45) is 0 Å². The molecule has 7 nitrogen and oxygen atoms in total. The lowest BCUT2D eigenvalue weighted by molar-refractivity contribution is 0.241. The largest absolute Gasteiger partial charge is 0.354 e. The zero-order valence-electron chi connectivity index (χ0n) is 14.0. The van der Waals surface area contributed by atoms with E-state index in [1.54, 1.807) is 6.07 Å². The quantitative estimate of drug-likeness (QED) is 0.708. The molecule has 1 aromatic carbocycles. The Morgan fingerprint density at radius 1 is 0.920 bits per heavy atom. The average molecular weight is 336 g/mol. The van der Waals surface area contributed by atoms with Gasteiger partial charge in [-0.25, -0.2) is 9.67 Å². The summed E-state index contributed by atoms with van der Waals surface area (Å²) in [6.45, 7) is 5.13. The molecule has 0 bridgehead atoms. The van der Waals surface area contributed by atoms with Gasteiger partial charge >= 0.3 is 0 Å². The molecule has 0 aliphatic carbocycles. The highest BCUT2D eigenvalue weighted by Crippen LogP contribution is 2.12. The summed E-state index contributed by atoms with van der Waals surface area (Å²) in [6, 6.07) is 13.3. The van der Waals surface area contributed by atoms with Gasteiger partial charge in [0.05, 0.1) is 11.9 Å². The first-order valence-corrected chi connectivity index (χ1v) is 8.52. The van der Waals surface area contributed by atoms with Crippen LogP contribution >= 0.6 is 0 Å². The van der Waals surface area contributed by atoms with Crippen LogP contribution in [0, 0.1) is 0 Å². The Morgan fingerprint density at radius 2 is 1.72 bits per heavy atom. The van der Waals surface area contributed by atoms with E-state index in [9.17, 15) is 4.79 Å². The minimum atomic E-state index is -0.0716. The van der Waals surface area contributed by atoms with Gasteiger partial charge in [0.2, 0.25) is 0 Å². The molecule has 1 fully saturated rings. The second-order valence-electron chi connectivity index (χ2n) is 6.15. The van der Waals surface area contributed by atoms with Gasteiger partial charge in [0.15, 0.2) is 0 Å². The molecule has 0 unspecified atom stereocenters. The molecule has 2 aromatic heterocycles. The van der Waals surface area contributed by atoms with E-state index < -0.39 is 0 Å². The van der Waals surface area contributed by atoms with Crippen molar-refractivity contribution in [3.8, 4) is 0 Å². The van der Waals surface area contributed by atoms with Crippen LogP contribution in [0.5, 0.6) is 0 Å². The van der Waals surface area contributed by atoms with Crippen molar-refractivity contribution in [3.63, 3.8) is 0 Å². The predicted molar refractivity (Wildman–Crippen MR) is 96.7 cm³/mol. The number of benzene rings is 1. The highest BCUT2D eigenvalue weighted by atomic mass is 16.1. The van der Waals surface area contributed by atoms with Crippen molar-refractivity contribution in [1.29, 1.82) is 0 Å². The fraction of sp³-hybridized carbons (Fsp3) is 0.333. The topological polar surface area (TPSA) is 67.2 Å². The van der Waals surface area contributed by atoms with E-state index in [1.807, 2.05) is 42.6 Å². The molecule has 0 radical (unpaired) electrons. The van der Waals surface area contributed by atoms with E-state index in [0.717, 1.165) is 38.5 Å². The van der Waals surface area contributed by atoms with E-state index in [0.29, 0.717) is 17.4 Å². The number of piperazine rings is 1. The van der Waals surface area contributed by atoms with Crippen LogP contribution in [-0.2, 0) is 6.54 Å². The molecular formula is C18H20N6O. The third-order valence-electron chi connectivity index (χ3n) is 4.60. The van der Waals surface area contributed by atoms with E-state index in [1.165, 1.54) is 4.68 Å². The SMILES string of the molecule is O=c1c2ccccc2nnn1CCN1CCN(c2ccccn2)CC1. The molecule has 128 valence electrons. The summed E-state index contributed by atoms with van der Waals surface area (Å²) < 4.78 is 1.47. The van der Waals surface area contributed by atoms with Crippen molar-refractivity contribution < 1.29 is 0 Å². The molecule has 4 rings (SSSR count). The lowest BCUT2D eigenvalue weighted by atomic mass is 10.2. The van der Waals surface area contributed by atoms with Crippen LogP contribution in [-0.4, -0.2) is 57.6 Å². The van der Waals surface area contributed by atoms with Crippen LogP contribution in [0.25, 0.3) is 10.9 Å². The van der Waals surface area contributed by atoms with Crippen LogP contribution in [0.3, 0.4) is 0 Å². The maximum Gasteiger partial charge on any atom is 0.277 e. The molecule has 1 saturated heterocycles. The zero-order chi connectivity index (χ0) is 17.1. The van der Waals surface area contributed by atoms with Gasteiger partial charge < -0.3 is 4.90 Å². The zero-order valence-corrected chi connectivity index (χ0v) is 14.0. The Bertz CT molecular complexity index is 902. The summed E-state index contributed by atoms with van der Waals surface area (Å²) in [7, 11) is 0. The predicted octanol–water partition coefficient (Wildman–Crippen LogP) is 1.01. The Labute approximate surface area is 145 Å². The molecule has 0 N–H and O–H groups in total.